The first-order valence-corrected chi connectivity index (χ1v) is 16.6. The van der Waals surface area contributed by atoms with Gasteiger partial charge in [-0.15, -0.1) is 0 Å². The van der Waals surface area contributed by atoms with Crippen molar-refractivity contribution < 1.29 is 28.9 Å². The summed E-state index contributed by atoms with van der Waals surface area (Å²) in [7, 11) is 0. The molecule has 2 N–H and O–H groups in total. The average molecular weight is 623 g/mol. The summed E-state index contributed by atoms with van der Waals surface area (Å²) in [4.78, 5) is 25.8. The Kier molecular flexibility index (Phi) is 10.4. The van der Waals surface area contributed by atoms with Crippen LogP contribution in [-0.2, 0) is 20.7 Å². The van der Waals surface area contributed by atoms with E-state index in [1.54, 1.807) is 19.9 Å². The van der Waals surface area contributed by atoms with Crippen LogP contribution < -0.4 is 5.63 Å². The molecule has 3 aliphatic rings. The van der Waals surface area contributed by atoms with Crippen molar-refractivity contribution in [1.29, 1.82) is 0 Å². The highest BCUT2D eigenvalue weighted by molar-refractivity contribution is 5.82. The second-order valence-corrected chi connectivity index (χ2v) is 14.8. The molecule has 2 heterocycles. The molecule has 248 valence electrons. The zero-order valence-corrected chi connectivity index (χ0v) is 28.5. The molecule has 0 unspecified atom stereocenters. The van der Waals surface area contributed by atoms with Gasteiger partial charge in [0.05, 0.1) is 23.4 Å². The van der Waals surface area contributed by atoms with E-state index in [1.165, 1.54) is 6.08 Å². The van der Waals surface area contributed by atoms with E-state index in [-0.39, 0.29) is 46.5 Å². The van der Waals surface area contributed by atoms with E-state index in [0.29, 0.717) is 35.7 Å². The van der Waals surface area contributed by atoms with E-state index in [9.17, 15) is 19.8 Å². The van der Waals surface area contributed by atoms with Crippen LogP contribution in [0.5, 0.6) is 5.75 Å². The van der Waals surface area contributed by atoms with Gasteiger partial charge in [0.2, 0.25) is 0 Å². The van der Waals surface area contributed by atoms with E-state index in [1.807, 2.05) is 32.1 Å². The Hall–Kier alpha value is -2.90. The number of rotatable bonds is 8. The molecule has 4 rings (SSSR count). The number of fused-ring (bicyclic) bond motifs is 3. The predicted molar refractivity (Wildman–Crippen MR) is 177 cm³/mol. The van der Waals surface area contributed by atoms with E-state index in [2.05, 4.69) is 40.3 Å². The lowest BCUT2D eigenvalue weighted by Crippen LogP contribution is -2.59. The van der Waals surface area contributed by atoms with Crippen molar-refractivity contribution in [3.05, 3.63) is 75.9 Å². The maximum atomic E-state index is 12.9. The van der Waals surface area contributed by atoms with Crippen LogP contribution in [0, 0.1) is 42.4 Å². The predicted octanol–water partition coefficient (Wildman–Crippen LogP) is 7.45. The highest BCUT2D eigenvalue weighted by Crippen LogP contribution is 2.64. The quantitative estimate of drug-likeness (QED) is 0.134. The third-order valence-electron chi connectivity index (χ3n) is 11.5. The topological polar surface area (TPSA) is 106 Å². The van der Waals surface area contributed by atoms with Crippen LogP contribution in [0.3, 0.4) is 0 Å². The van der Waals surface area contributed by atoms with Gasteiger partial charge in [0.1, 0.15) is 17.6 Å². The van der Waals surface area contributed by atoms with Crippen LogP contribution in [0.1, 0.15) is 97.0 Å². The number of aliphatic hydroxyl groups is 1. The minimum Gasteiger partial charge on any atom is -0.507 e. The molecule has 2 saturated carbocycles. The third kappa shape index (κ3) is 6.95. The number of aliphatic hydroxyl groups excluding tert-OH is 1. The van der Waals surface area contributed by atoms with Crippen molar-refractivity contribution in [3.63, 3.8) is 0 Å². The first kappa shape index (κ1) is 35.0. The van der Waals surface area contributed by atoms with Gasteiger partial charge in [0.15, 0.2) is 0 Å². The summed E-state index contributed by atoms with van der Waals surface area (Å²) in [6, 6.07) is 0. The van der Waals surface area contributed by atoms with Gasteiger partial charge in [-0.2, -0.15) is 0 Å². The molecule has 3 fully saturated rings. The number of aromatic hydroxyl groups is 1. The van der Waals surface area contributed by atoms with Gasteiger partial charge in [0.25, 0.3) is 0 Å². The third-order valence-corrected chi connectivity index (χ3v) is 11.5. The largest absolute Gasteiger partial charge is 0.507 e. The summed E-state index contributed by atoms with van der Waals surface area (Å²) in [5, 5.41) is 22.3. The SMILES string of the molecule is C=C1[C@H](O)C[C@@H]2[C@]3(C)CC[C@H](OC(=O)/C=C/C=C/C=C/[C@H](C)CC)C(C)(C)O[C@@H]3CC[C@@]2(C)[C@@H]1Cc1c(O)c(C)c(C)oc1=O. The molecule has 8 atom stereocenters. The van der Waals surface area contributed by atoms with Crippen molar-refractivity contribution in [1.82, 2.24) is 0 Å². The molecule has 1 saturated heterocycles. The van der Waals surface area contributed by atoms with Gasteiger partial charge in [-0.1, -0.05) is 71.1 Å². The molecular formula is C38H54O7. The summed E-state index contributed by atoms with van der Waals surface area (Å²) in [5.41, 5.74) is -0.373. The normalized spacial score (nSPS) is 34.1. The fourth-order valence-electron chi connectivity index (χ4n) is 8.22. The molecule has 2 aliphatic carbocycles. The zero-order valence-electron chi connectivity index (χ0n) is 28.5. The van der Waals surface area contributed by atoms with Gasteiger partial charge < -0.3 is 24.1 Å². The van der Waals surface area contributed by atoms with Crippen LogP contribution in [-0.4, -0.2) is 40.1 Å². The molecule has 0 bridgehead atoms. The number of carbonyl (C=O) groups is 1. The summed E-state index contributed by atoms with van der Waals surface area (Å²) < 4.78 is 18.3. The second kappa shape index (κ2) is 13.4. The number of aryl methyl sites for hydroxylation is 1. The Morgan fingerprint density at radius 2 is 1.76 bits per heavy atom. The van der Waals surface area contributed by atoms with Crippen LogP contribution in [0.2, 0.25) is 0 Å². The minimum atomic E-state index is -0.743. The number of hydrogen-bond acceptors (Lipinski definition) is 7. The van der Waals surface area contributed by atoms with Crippen molar-refractivity contribution >= 4 is 5.97 Å². The van der Waals surface area contributed by atoms with E-state index < -0.39 is 29.4 Å². The molecule has 0 spiro atoms. The lowest BCUT2D eigenvalue weighted by atomic mass is 9.44. The molecule has 7 nitrogen and oxygen atoms in total. The van der Waals surface area contributed by atoms with Gasteiger partial charge in [-0.3, -0.25) is 0 Å². The van der Waals surface area contributed by atoms with Crippen molar-refractivity contribution in [2.24, 2.45) is 28.6 Å². The number of allylic oxidation sites excluding steroid dienone is 5. The average Bonchev–Trinajstić information content (AvgIpc) is 3.07. The molecule has 0 amide bonds. The van der Waals surface area contributed by atoms with Crippen molar-refractivity contribution in [2.45, 2.75) is 124 Å². The summed E-state index contributed by atoms with van der Waals surface area (Å²) in [5.74, 6) is 0.294. The number of carbonyl (C=O) groups excluding carboxylic acids is 1. The van der Waals surface area contributed by atoms with Gasteiger partial charge in [-0.05, 0) is 100 Å². The molecule has 1 aromatic heterocycles. The monoisotopic (exact) mass is 622 g/mol. The fraction of sp³-hybridized carbons (Fsp3) is 0.632. The number of esters is 1. The van der Waals surface area contributed by atoms with E-state index in [0.717, 1.165) is 25.7 Å². The maximum absolute atomic E-state index is 12.9. The molecule has 1 aromatic rings. The smallest absolute Gasteiger partial charge is 0.342 e. The number of ether oxygens (including phenoxy) is 2. The maximum Gasteiger partial charge on any atom is 0.342 e. The van der Waals surface area contributed by atoms with Gasteiger partial charge in [0, 0.05) is 11.6 Å². The molecule has 7 heteroatoms. The molecule has 45 heavy (non-hydrogen) atoms. The lowest BCUT2D eigenvalue weighted by Gasteiger charge is -2.62. The first-order valence-electron chi connectivity index (χ1n) is 16.6. The molecular weight excluding hydrogens is 568 g/mol. The standard InChI is InChI=1S/C38H54O7/c1-10-23(2)15-13-11-12-14-16-33(40)44-31-17-20-38(9)30-22-29(39)25(4)28(21-27-34(41)24(3)26(5)43-35(27)42)37(30,8)19-18-32(38)45-36(31,6)7/h11-16,23,28-32,39,41H,4,10,17-22H2,1-3,5-9H3/b12-11+,15-13+,16-14+/t23-,28-,29-,30+,31+,32-,37+,38+/m1/s1. The highest BCUT2D eigenvalue weighted by Gasteiger charge is 2.62. The Morgan fingerprint density at radius 3 is 2.44 bits per heavy atom. The Morgan fingerprint density at radius 1 is 1.09 bits per heavy atom. The van der Waals surface area contributed by atoms with Crippen LogP contribution in [0.4, 0.5) is 0 Å². The highest BCUT2D eigenvalue weighted by atomic mass is 16.6. The van der Waals surface area contributed by atoms with Crippen LogP contribution >= 0.6 is 0 Å². The Bertz CT molecular complexity index is 1410. The Balaban J connectivity index is 1.56. The summed E-state index contributed by atoms with van der Waals surface area (Å²) in [6.45, 7) is 20.5. The second-order valence-electron chi connectivity index (χ2n) is 14.8. The summed E-state index contributed by atoms with van der Waals surface area (Å²) in [6.07, 6.45) is 14.6. The van der Waals surface area contributed by atoms with Crippen LogP contribution in [0.25, 0.3) is 0 Å². The minimum absolute atomic E-state index is 0.0343. The Labute approximate surface area is 269 Å². The van der Waals surface area contributed by atoms with E-state index >= 15 is 0 Å². The van der Waals surface area contributed by atoms with Crippen LogP contribution in [0.15, 0.2) is 57.8 Å². The van der Waals surface area contributed by atoms with Crippen molar-refractivity contribution in [2.75, 3.05) is 0 Å². The molecule has 0 radical (unpaired) electrons. The number of hydrogen-bond donors (Lipinski definition) is 2. The van der Waals surface area contributed by atoms with Gasteiger partial charge in [-0.25, -0.2) is 9.59 Å². The molecule has 1 aliphatic heterocycles. The van der Waals surface area contributed by atoms with Gasteiger partial charge >= 0.3 is 11.6 Å². The lowest BCUT2D eigenvalue weighted by molar-refractivity contribution is -0.209. The zero-order chi connectivity index (χ0) is 33.3. The van der Waals surface area contributed by atoms with E-state index in [4.69, 9.17) is 13.9 Å². The molecule has 0 aromatic carbocycles. The summed E-state index contributed by atoms with van der Waals surface area (Å²) >= 11 is 0. The fourth-order valence-corrected chi connectivity index (χ4v) is 8.22. The first-order chi connectivity index (χ1) is 21.0. The van der Waals surface area contributed by atoms with Crippen molar-refractivity contribution in [3.8, 4) is 5.75 Å².